The fourth-order valence-electron chi connectivity index (χ4n) is 2.13. The average molecular weight is 247 g/mol. The van der Waals surface area contributed by atoms with E-state index in [1.807, 2.05) is 4.40 Å². The summed E-state index contributed by atoms with van der Waals surface area (Å²) in [6.07, 6.45) is 1.78. The molecule has 3 rings (SSSR count). The molecule has 1 fully saturated rings. The van der Waals surface area contributed by atoms with Gasteiger partial charge >= 0.3 is 5.97 Å². The van der Waals surface area contributed by atoms with Gasteiger partial charge in [0.1, 0.15) is 11.6 Å². The minimum absolute atomic E-state index is 0.0968. The van der Waals surface area contributed by atoms with Crippen LogP contribution in [0, 0.1) is 0 Å². The largest absolute Gasteiger partial charge is 0.495 e. The molecule has 3 heterocycles. The van der Waals surface area contributed by atoms with Gasteiger partial charge in [-0.15, -0.1) is 0 Å². The van der Waals surface area contributed by atoms with Gasteiger partial charge in [0.2, 0.25) is 0 Å². The van der Waals surface area contributed by atoms with E-state index in [1.165, 1.54) is 0 Å². The second kappa shape index (κ2) is 3.99. The Labute approximate surface area is 103 Å². The SMILES string of the molecule is COc1ccc2c(C(=O)O)nc(C3CNC3)n2c1. The highest BCUT2D eigenvalue weighted by molar-refractivity contribution is 5.93. The monoisotopic (exact) mass is 247 g/mol. The number of aromatic carboxylic acids is 1. The number of imidazole rings is 1. The summed E-state index contributed by atoms with van der Waals surface area (Å²) >= 11 is 0. The topological polar surface area (TPSA) is 75.9 Å². The van der Waals surface area contributed by atoms with Crippen molar-refractivity contribution < 1.29 is 14.6 Å². The molecule has 0 bridgehead atoms. The molecular formula is C12H13N3O3. The van der Waals surface area contributed by atoms with Gasteiger partial charge in [0, 0.05) is 19.0 Å². The van der Waals surface area contributed by atoms with Gasteiger partial charge in [-0.25, -0.2) is 9.78 Å². The van der Waals surface area contributed by atoms with Crippen LogP contribution >= 0.6 is 0 Å². The van der Waals surface area contributed by atoms with Gasteiger partial charge < -0.3 is 15.2 Å². The predicted octanol–water partition coefficient (Wildman–Crippen LogP) is 0.728. The van der Waals surface area contributed by atoms with E-state index < -0.39 is 5.97 Å². The molecular weight excluding hydrogens is 234 g/mol. The number of ether oxygens (including phenoxy) is 1. The predicted molar refractivity (Wildman–Crippen MR) is 64.3 cm³/mol. The summed E-state index contributed by atoms with van der Waals surface area (Å²) < 4.78 is 6.98. The number of pyridine rings is 1. The molecule has 0 saturated carbocycles. The number of nitrogens with one attached hydrogen (secondary N) is 1. The van der Waals surface area contributed by atoms with Crippen LogP contribution in [0.2, 0.25) is 0 Å². The Kier molecular flexibility index (Phi) is 2.45. The lowest BCUT2D eigenvalue weighted by molar-refractivity contribution is 0.0693. The maximum Gasteiger partial charge on any atom is 0.356 e. The number of carboxylic acids is 1. The van der Waals surface area contributed by atoms with Gasteiger partial charge in [0.05, 0.1) is 18.8 Å². The van der Waals surface area contributed by atoms with Crippen molar-refractivity contribution in [3.63, 3.8) is 0 Å². The molecule has 18 heavy (non-hydrogen) atoms. The molecule has 1 aliphatic heterocycles. The molecule has 0 amide bonds. The van der Waals surface area contributed by atoms with Crippen molar-refractivity contribution >= 4 is 11.5 Å². The first-order chi connectivity index (χ1) is 8.70. The maximum absolute atomic E-state index is 11.2. The van der Waals surface area contributed by atoms with Crippen molar-refractivity contribution in [1.82, 2.24) is 14.7 Å². The molecule has 6 nitrogen and oxygen atoms in total. The first-order valence-corrected chi connectivity index (χ1v) is 5.70. The molecule has 0 spiro atoms. The molecule has 2 aromatic heterocycles. The fraction of sp³-hybridized carbons (Fsp3) is 0.333. The molecule has 1 aliphatic rings. The van der Waals surface area contributed by atoms with Crippen molar-refractivity contribution in [2.75, 3.05) is 20.2 Å². The van der Waals surface area contributed by atoms with Crippen molar-refractivity contribution in [3.05, 3.63) is 29.8 Å². The lowest BCUT2D eigenvalue weighted by Crippen LogP contribution is -2.40. The number of nitrogens with zero attached hydrogens (tertiary/aromatic N) is 2. The van der Waals surface area contributed by atoms with Crippen LogP contribution in [-0.4, -0.2) is 40.7 Å². The van der Waals surface area contributed by atoms with Gasteiger partial charge in [0.25, 0.3) is 0 Å². The molecule has 6 heteroatoms. The lowest BCUT2D eigenvalue weighted by Gasteiger charge is -2.25. The molecule has 0 radical (unpaired) electrons. The third-order valence-corrected chi connectivity index (χ3v) is 3.22. The van der Waals surface area contributed by atoms with E-state index in [2.05, 4.69) is 10.3 Å². The normalized spacial score (nSPS) is 15.6. The number of fused-ring (bicyclic) bond motifs is 1. The molecule has 2 N–H and O–H groups in total. The average Bonchev–Trinajstić information content (AvgIpc) is 2.66. The zero-order chi connectivity index (χ0) is 12.7. The van der Waals surface area contributed by atoms with Crippen molar-refractivity contribution in [2.24, 2.45) is 0 Å². The highest BCUT2D eigenvalue weighted by Crippen LogP contribution is 2.25. The Morgan fingerprint density at radius 3 is 2.89 bits per heavy atom. The highest BCUT2D eigenvalue weighted by atomic mass is 16.5. The molecule has 0 unspecified atom stereocenters. The van der Waals surface area contributed by atoms with E-state index >= 15 is 0 Å². The summed E-state index contributed by atoms with van der Waals surface area (Å²) in [6, 6.07) is 3.47. The Hall–Kier alpha value is -2.08. The molecule has 1 saturated heterocycles. The third kappa shape index (κ3) is 1.53. The summed E-state index contributed by atoms with van der Waals surface area (Å²) in [4.78, 5) is 15.4. The molecule has 2 aromatic rings. The second-order valence-corrected chi connectivity index (χ2v) is 4.30. The summed E-state index contributed by atoms with van der Waals surface area (Å²) in [5, 5.41) is 12.3. The molecule has 0 atom stereocenters. The van der Waals surface area contributed by atoms with E-state index in [1.54, 1.807) is 25.4 Å². The van der Waals surface area contributed by atoms with Gasteiger partial charge in [0.15, 0.2) is 5.69 Å². The minimum atomic E-state index is -1.00. The molecule has 0 aliphatic carbocycles. The maximum atomic E-state index is 11.2. The molecule has 0 aromatic carbocycles. The number of rotatable bonds is 3. The standard InChI is InChI=1S/C12H13N3O3/c1-18-8-2-3-9-10(12(16)17)14-11(15(9)6-8)7-4-13-5-7/h2-3,6-7,13H,4-5H2,1H3,(H,16,17). The zero-order valence-electron chi connectivity index (χ0n) is 9.88. The van der Waals surface area contributed by atoms with Crippen molar-refractivity contribution in [1.29, 1.82) is 0 Å². The van der Waals surface area contributed by atoms with Crippen LogP contribution in [-0.2, 0) is 0 Å². The molecule has 94 valence electrons. The zero-order valence-corrected chi connectivity index (χ0v) is 9.88. The van der Waals surface area contributed by atoms with Gasteiger partial charge in [-0.3, -0.25) is 4.40 Å². The number of hydrogen-bond donors (Lipinski definition) is 2. The summed E-state index contributed by atoms with van der Waals surface area (Å²) in [5.41, 5.74) is 0.699. The van der Waals surface area contributed by atoms with Crippen molar-refractivity contribution in [3.8, 4) is 5.75 Å². The number of aromatic nitrogens is 2. The highest BCUT2D eigenvalue weighted by Gasteiger charge is 2.27. The number of hydrogen-bond acceptors (Lipinski definition) is 4. The Morgan fingerprint density at radius 1 is 1.56 bits per heavy atom. The third-order valence-electron chi connectivity index (χ3n) is 3.22. The number of carboxylic acid groups (broad SMARTS) is 1. The summed E-state index contributed by atoms with van der Waals surface area (Å²) in [5.74, 6) is 0.722. The first kappa shape index (κ1) is 11.0. The smallest absolute Gasteiger partial charge is 0.356 e. The Morgan fingerprint density at radius 2 is 2.33 bits per heavy atom. The Balaban J connectivity index is 2.23. The van der Waals surface area contributed by atoms with Gasteiger partial charge in [-0.1, -0.05) is 0 Å². The Bertz CT molecular complexity index is 616. The van der Waals surface area contributed by atoms with E-state index in [0.29, 0.717) is 11.3 Å². The fourth-order valence-corrected chi connectivity index (χ4v) is 2.13. The van der Waals surface area contributed by atoms with Crippen LogP contribution in [0.3, 0.4) is 0 Å². The quantitative estimate of drug-likeness (QED) is 0.836. The van der Waals surface area contributed by atoms with Gasteiger partial charge in [-0.05, 0) is 12.1 Å². The van der Waals surface area contributed by atoms with Crippen LogP contribution in [0.25, 0.3) is 5.52 Å². The van der Waals surface area contributed by atoms with Crippen LogP contribution in [0.4, 0.5) is 0 Å². The van der Waals surface area contributed by atoms with Crippen LogP contribution in [0.15, 0.2) is 18.3 Å². The van der Waals surface area contributed by atoms with Crippen LogP contribution in [0.5, 0.6) is 5.75 Å². The first-order valence-electron chi connectivity index (χ1n) is 5.70. The van der Waals surface area contributed by atoms with Crippen LogP contribution < -0.4 is 10.1 Å². The van der Waals surface area contributed by atoms with E-state index in [0.717, 1.165) is 18.9 Å². The second-order valence-electron chi connectivity index (χ2n) is 4.30. The lowest BCUT2D eigenvalue weighted by atomic mass is 10.0. The van der Waals surface area contributed by atoms with E-state index in [9.17, 15) is 9.90 Å². The number of methoxy groups -OCH3 is 1. The van der Waals surface area contributed by atoms with Gasteiger partial charge in [-0.2, -0.15) is 0 Å². The van der Waals surface area contributed by atoms with Crippen molar-refractivity contribution in [2.45, 2.75) is 5.92 Å². The van der Waals surface area contributed by atoms with Crippen LogP contribution in [0.1, 0.15) is 22.2 Å². The number of carbonyl (C=O) groups is 1. The van der Waals surface area contributed by atoms with E-state index in [4.69, 9.17) is 4.74 Å². The minimum Gasteiger partial charge on any atom is -0.495 e. The van der Waals surface area contributed by atoms with E-state index in [-0.39, 0.29) is 11.6 Å². The summed E-state index contributed by atoms with van der Waals surface area (Å²) in [7, 11) is 1.58. The summed E-state index contributed by atoms with van der Waals surface area (Å²) in [6.45, 7) is 1.66.